The Kier molecular flexibility index (Phi) is 4.19. The second-order valence-electron chi connectivity index (χ2n) is 6.54. The molecule has 2 aliphatic heterocycles. The number of para-hydroxylation sites is 1. The Hall–Kier alpha value is -3.48. The second kappa shape index (κ2) is 6.68. The van der Waals surface area contributed by atoms with Crippen molar-refractivity contribution in [1.29, 1.82) is 0 Å². The molecule has 27 heavy (non-hydrogen) atoms. The van der Waals surface area contributed by atoms with Gasteiger partial charge in [-0.25, -0.2) is 9.69 Å². The van der Waals surface area contributed by atoms with Crippen LogP contribution in [-0.4, -0.2) is 29.0 Å². The van der Waals surface area contributed by atoms with Crippen molar-refractivity contribution in [3.8, 4) is 0 Å². The van der Waals surface area contributed by atoms with Crippen LogP contribution in [0, 0.1) is 0 Å². The fourth-order valence-corrected chi connectivity index (χ4v) is 3.27. The highest BCUT2D eigenvalue weighted by atomic mass is 16.5. The van der Waals surface area contributed by atoms with E-state index in [0.717, 1.165) is 10.5 Å². The number of hydrogen-bond donors (Lipinski definition) is 1. The molecule has 2 aliphatic rings. The molecular weight excluding hydrogens is 346 g/mol. The number of nitrogens with one attached hydrogen (secondary N) is 1. The van der Waals surface area contributed by atoms with E-state index in [1.165, 1.54) is 0 Å². The Morgan fingerprint density at radius 1 is 1.04 bits per heavy atom. The molecule has 4 rings (SSSR count). The summed E-state index contributed by atoms with van der Waals surface area (Å²) >= 11 is 0. The summed E-state index contributed by atoms with van der Waals surface area (Å²) in [5.74, 6) is -1.33. The number of amides is 2. The molecule has 0 unspecified atom stereocenters. The zero-order chi connectivity index (χ0) is 18.9. The Bertz CT molecular complexity index is 927. The zero-order valence-electron chi connectivity index (χ0n) is 14.4. The van der Waals surface area contributed by atoms with Crippen LogP contribution in [0.15, 0.2) is 65.8 Å². The van der Waals surface area contributed by atoms with Crippen molar-refractivity contribution in [2.45, 2.75) is 25.0 Å². The van der Waals surface area contributed by atoms with E-state index in [-0.39, 0.29) is 31.1 Å². The molecule has 7 nitrogen and oxygen atoms in total. The maximum Gasteiger partial charge on any atom is 0.354 e. The Morgan fingerprint density at radius 2 is 1.70 bits per heavy atom. The van der Waals surface area contributed by atoms with Crippen molar-refractivity contribution in [1.82, 2.24) is 5.43 Å². The third-order valence-corrected chi connectivity index (χ3v) is 4.65. The first-order valence-corrected chi connectivity index (χ1v) is 8.56. The van der Waals surface area contributed by atoms with Crippen molar-refractivity contribution in [2.24, 2.45) is 5.10 Å². The lowest BCUT2D eigenvalue weighted by atomic mass is 9.93. The summed E-state index contributed by atoms with van der Waals surface area (Å²) in [7, 11) is 0. The van der Waals surface area contributed by atoms with Crippen LogP contribution < -0.4 is 10.3 Å². The maximum atomic E-state index is 12.9. The molecule has 1 saturated heterocycles. The quantitative estimate of drug-likeness (QED) is 0.661. The number of nitrogens with zero attached hydrogens (tertiary/aromatic N) is 2. The number of imide groups is 1. The molecule has 0 bridgehead atoms. The van der Waals surface area contributed by atoms with Gasteiger partial charge in [0.2, 0.25) is 5.91 Å². The van der Waals surface area contributed by atoms with Gasteiger partial charge in [0.25, 0.3) is 5.91 Å². The minimum Gasteiger partial charge on any atom is -0.456 e. The van der Waals surface area contributed by atoms with Crippen LogP contribution in [0.2, 0.25) is 0 Å². The van der Waals surface area contributed by atoms with E-state index in [1.54, 1.807) is 24.3 Å². The SMILES string of the molecule is O=C(OCc1ccccc1)C1=NN[C@@]2(CC(=O)N(c3ccccc3)C2=O)C1. The van der Waals surface area contributed by atoms with Gasteiger partial charge in [-0.05, 0) is 17.7 Å². The molecule has 0 aliphatic carbocycles. The van der Waals surface area contributed by atoms with Crippen molar-refractivity contribution >= 4 is 29.2 Å². The van der Waals surface area contributed by atoms with Gasteiger partial charge in [0, 0.05) is 6.42 Å². The van der Waals surface area contributed by atoms with Gasteiger partial charge in [0.1, 0.15) is 17.9 Å². The minimum atomic E-state index is -1.21. The number of carbonyl (C=O) groups excluding carboxylic acids is 3. The molecule has 136 valence electrons. The van der Waals surface area contributed by atoms with Gasteiger partial charge in [-0.2, -0.15) is 5.10 Å². The van der Waals surface area contributed by atoms with E-state index in [0.29, 0.717) is 5.69 Å². The Morgan fingerprint density at radius 3 is 2.41 bits per heavy atom. The predicted octanol–water partition coefficient (Wildman–Crippen LogP) is 1.78. The van der Waals surface area contributed by atoms with Gasteiger partial charge < -0.3 is 4.74 Å². The van der Waals surface area contributed by atoms with E-state index in [2.05, 4.69) is 10.5 Å². The van der Waals surface area contributed by atoms with Crippen LogP contribution in [0.1, 0.15) is 18.4 Å². The van der Waals surface area contributed by atoms with Crippen LogP contribution >= 0.6 is 0 Å². The average molecular weight is 363 g/mol. The molecule has 0 radical (unpaired) electrons. The third kappa shape index (κ3) is 3.08. The molecule has 1 fully saturated rings. The first-order chi connectivity index (χ1) is 13.1. The number of benzene rings is 2. The lowest BCUT2D eigenvalue weighted by molar-refractivity contribution is -0.136. The number of esters is 1. The lowest BCUT2D eigenvalue weighted by Crippen LogP contribution is -2.47. The molecular formula is C20H17N3O4. The highest BCUT2D eigenvalue weighted by Gasteiger charge is 2.56. The first-order valence-electron chi connectivity index (χ1n) is 8.56. The summed E-state index contributed by atoms with van der Waals surface area (Å²) in [6.07, 6.45) is -0.0335. The smallest absolute Gasteiger partial charge is 0.354 e. The van der Waals surface area contributed by atoms with Crippen molar-refractivity contribution < 1.29 is 19.1 Å². The van der Waals surface area contributed by atoms with Crippen molar-refractivity contribution in [2.75, 3.05) is 4.90 Å². The molecule has 2 amide bonds. The second-order valence-corrected chi connectivity index (χ2v) is 6.54. The van der Waals surface area contributed by atoms with Crippen molar-refractivity contribution in [3.63, 3.8) is 0 Å². The summed E-state index contributed by atoms with van der Waals surface area (Å²) in [6, 6.07) is 18.0. The molecule has 2 aromatic rings. The molecule has 0 saturated carbocycles. The zero-order valence-corrected chi connectivity index (χ0v) is 14.4. The number of ether oxygens (including phenoxy) is 1. The standard InChI is InChI=1S/C20H17N3O4/c24-17-12-20(19(26)23(17)15-9-5-2-6-10-15)11-16(21-22-20)18(25)27-13-14-7-3-1-4-8-14/h1-10,22H,11-13H2/t20-/m1/s1. The topological polar surface area (TPSA) is 88.1 Å². The van der Waals surface area contributed by atoms with E-state index in [4.69, 9.17) is 4.74 Å². The molecule has 7 heteroatoms. The van der Waals surface area contributed by atoms with Gasteiger partial charge >= 0.3 is 5.97 Å². The maximum absolute atomic E-state index is 12.9. The fraction of sp³-hybridized carbons (Fsp3) is 0.200. The highest BCUT2D eigenvalue weighted by molar-refractivity contribution is 6.39. The van der Waals surface area contributed by atoms with Crippen LogP contribution in [0.5, 0.6) is 0 Å². The van der Waals surface area contributed by atoms with Gasteiger partial charge in [-0.3, -0.25) is 15.0 Å². The lowest BCUT2D eigenvalue weighted by Gasteiger charge is -2.21. The number of rotatable bonds is 4. The van der Waals surface area contributed by atoms with Gasteiger partial charge in [0.15, 0.2) is 0 Å². The van der Waals surface area contributed by atoms with Crippen molar-refractivity contribution in [3.05, 3.63) is 66.2 Å². The van der Waals surface area contributed by atoms with E-state index in [9.17, 15) is 14.4 Å². The van der Waals surface area contributed by atoms with E-state index in [1.807, 2.05) is 36.4 Å². The normalized spacial score (nSPS) is 21.3. The summed E-state index contributed by atoms with van der Waals surface area (Å²) < 4.78 is 5.27. The van der Waals surface area contributed by atoms with Crippen LogP contribution in [0.25, 0.3) is 0 Å². The summed E-state index contributed by atoms with van der Waals surface area (Å²) in [6.45, 7) is 0.120. The van der Waals surface area contributed by atoms with Gasteiger partial charge in [0.05, 0.1) is 12.1 Å². The van der Waals surface area contributed by atoms with E-state index < -0.39 is 17.4 Å². The molecule has 1 spiro atoms. The van der Waals surface area contributed by atoms with Gasteiger partial charge in [-0.15, -0.1) is 0 Å². The van der Waals surface area contributed by atoms with Crippen LogP contribution in [0.4, 0.5) is 5.69 Å². The number of carbonyl (C=O) groups is 3. The monoisotopic (exact) mass is 363 g/mol. The Labute approximate surface area is 155 Å². The number of hydrogen-bond acceptors (Lipinski definition) is 6. The molecule has 2 aromatic carbocycles. The molecule has 0 aromatic heterocycles. The summed E-state index contributed by atoms with van der Waals surface area (Å²) in [4.78, 5) is 38.8. The summed E-state index contributed by atoms with van der Waals surface area (Å²) in [5, 5.41) is 3.99. The molecule has 1 atom stereocenters. The fourth-order valence-electron chi connectivity index (χ4n) is 3.27. The molecule has 1 N–H and O–H groups in total. The molecule has 2 heterocycles. The Balaban J connectivity index is 1.44. The van der Waals surface area contributed by atoms with Crippen LogP contribution in [0.3, 0.4) is 0 Å². The third-order valence-electron chi connectivity index (χ3n) is 4.65. The highest BCUT2D eigenvalue weighted by Crippen LogP contribution is 2.34. The number of anilines is 1. The predicted molar refractivity (Wildman–Crippen MR) is 97.7 cm³/mol. The van der Waals surface area contributed by atoms with Crippen LogP contribution in [-0.2, 0) is 25.7 Å². The average Bonchev–Trinajstić information content (AvgIpc) is 3.23. The summed E-state index contributed by atoms with van der Waals surface area (Å²) in [5.41, 5.74) is 2.98. The van der Waals surface area contributed by atoms with Gasteiger partial charge in [-0.1, -0.05) is 48.5 Å². The first kappa shape index (κ1) is 17.0. The minimum absolute atomic E-state index is 0.0224. The number of hydrazone groups is 1. The largest absolute Gasteiger partial charge is 0.456 e. The van der Waals surface area contributed by atoms with E-state index >= 15 is 0 Å².